The molecule has 1 aromatic carbocycles. The number of piperidine rings is 1. The number of rotatable bonds is 3. The summed E-state index contributed by atoms with van der Waals surface area (Å²) in [6.07, 6.45) is 4.38. The van der Waals surface area contributed by atoms with E-state index in [-0.39, 0.29) is 0 Å². The van der Waals surface area contributed by atoms with Gasteiger partial charge in [0.1, 0.15) is 5.78 Å². The Labute approximate surface area is 131 Å². The average Bonchev–Trinajstić information content (AvgIpc) is 2.88. The van der Waals surface area contributed by atoms with Crippen molar-refractivity contribution in [1.29, 1.82) is 0 Å². The lowest BCUT2D eigenvalue weighted by Gasteiger charge is -2.41. The molecule has 2 unspecified atom stereocenters. The maximum Gasteiger partial charge on any atom is 0.131 e. The third-order valence-electron chi connectivity index (χ3n) is 5.59. The zero-order valence-electron chi connectivity index (χ0n) is 13.3. The van der Waals surface area contributed by atoms with Crippen LogP contribution in [0.15, 0.2) is 24.3 Å². The quantitative estimate of drug-likeness (QED) is 0.944. The normalized spacial score (nSPS) is 25.0. The first-order valence-electron chi connectivity index (χ1n) is 8.51. The number of aromatic amines is 1. The van der Waals surface area contributed by atoms with Crippen LogP contribution in [-0.4, -0.2) is 35.3 Å². The lowest BCUT2D eigenvalue weighted by molar-refractivity contribution is -0.117. The number of benzene rings is 1. The predicted octanol–water partition coefficient (Wildman–Crippen LogP) is 3.18. The molecule has 1 fully saturated rings. The van der Waals surface area contributed by atoms with Gasteiger partial charge < -0.3 is 9.88 Å². The summed E-state index contributed by atoms with van der Waals surface area (Å²) in [5, 5.41) is 1.41. The van der Waals surface area contributed by atoms with Crippen LogP contribution < -0.4 is 0 Å². The van der Waals surface area contributed by atoms with Crippen LogP contribution in [0.25, 0.3) is 10.9 Å². The van der Waals surface area contributed by atoms with Crippen LogP contribution >= 0.6 is 0 Å². The van der Waals surface area contributed by atoms with E-state index in [2.05, 4.69) is 34.1 Å². The molecule has 116 valence electrons. The predicted molar refractivity (Wildman–Crippen MR) is 89.0 cm³/mol. The summed E-state index contributed by atoms with van der Waals surface area (Å²) >= 11 is 0. The molecule has 22 heavy (non-hydrogen) atoms. The second-order valence-corrected chi connectivity index (χ2v) is 7.10. The minimum absolute atomic E-state index is 0.310. The maximum absolute atomic E-state index is 11.2. The van der Waals surface area contributed by atoms with E-state index in [0.717, 1.165) is 31.5 Å². The molecule has 2 aromatic rings. The molecule has 2 atom stereocenters. The summed E-state index contributed by atoms with van der Waals surface area (Å²) in [4.78, 5) is 17.4. The SMILES string of the molecule is CC(=O)CCN1CCC2Cc3[nH]c4ccccc4c3CC2C1. The van der Waals surface area contributed by atoms with Gasteiger partial charge >= 0.3 is 0 Å². The Morgan fingerprint density at radius 2 is 2.14 bits per heavy atom. The van der Waals surface area contributed by atoms with Crippen LogP contribution in [0.1, 0.15) is 31.0 Å². The van der Waals surface area contributed by atoms with Crippen molar-refractivity contribution in [1.82, 2.24) is 9.88 Å². The Morgan fingerprint density at radius 3 is 3.00 bits per heavy atom. The van der Waals surface area contributed by atoms with E-state index >= 15 is 0 Å². The highest BCUT2D eigenvalue weighted by atomic mass is 16.1. The van der Waals surface area contributed by atoms with Gasteiger partial charge in [-0.15, -0.1) is 0 Å². The third-order valence-corrected chi connectivity index (χ3v) is 5.59. The molecule has 3 nitrogen and oxygen atoms in total. The highest BCUT2D eigenvalue weighted by molar-refractivity contribution is 5.84. The molecule has 0 saturated carbocycles. The van der Waals surface area contributed by atoms with Crippen molar-refractivity contribution in [2.24, 2.45) is 11.8 Å². The molecule has 0 bridgehead atoms. The molecule has 2 heterocycles. The lowest BCUT2D eigenvalue weighted by atomic mass is 9.74. The van der Waals surface area contributed by atoms with Crippen molar-refractivity contribution in [3.05, 3.63) is 35.5 Å². The standard InChI is InChI=1S/C19H24N2O/c1-13(22)6-8-21-9-7-14-11-19-17(10-15(14)12-21)16-4-2-3-5-18(16)20-19/h2-5,14-15,20H,6-12H2,1H3. The molecule has 1 aliphatic carbocycles. The molecule has 4 rings (SSSR count). The van der Waals surface area contributed by atoms with E-state index < -0.39 is 0 Å². The Hall–Kier alpha value is -1.61. The summed E-state index contributed by atoms with van der Waals surface area (Å²) in [6, 6.07) is 8.70. The number of fused-ring (bicyclic) bond motifs is 4. The monoisotopic (exact) mass is 296 g/mol. The van der Waals surface area contributed by atoms with Gasteiger partial charge in [0.05, 0.1) is 0 Å². The van der Waals surface area contributed by atoms with Crippen molar-refractivity contribution >= 4 is 16.7 Å². The van der Waals surface area contributed by atoms with Gasteiger partial charge in [-0.2, -0.15) is 0 Å². The van der Waals surface area contributed by atoms with Gasteiger partial charge in [0, 0.05) is 36.1 Å². The van der Waals surface area contributed by atoms with Gasteiger partial charge in [0.25, 0.3) is 0 Å². The molecular weight excluding hydrogens is 272 g/mol. The van der Waals surface area contributed by atoms with Crippen molar-refractivity contribution in [2.45, 2.75) is 32.6 Å². The van der Waals surface area contributed by atoms with Crippen LogP contribution in [0.2, 0.25) is 0 Å². The fraction of sp³-hybridized carbons (Fsp3) is 0.526. The number of hydrogen-bond acceptors (Lipinski definition) is 2. The molecule has 0 spiro atoms. The molecule has 1 aromatic heterocycles. The van der Waals surface area contributed by atoms with Crippen molar-refractivity contribution in [3.63, 3.8) is 0 Å². The number of H-pyrrole nitrogens is 1. The number of aromatic nitrogens is 1. The van der Waals surface area contributed by atoms with E-state index in [0.29, 0.717) is 12.2 Å². The number of carbonyl (C=O) groups is 1. The van der Waals surface area contributed by atoms with E-state index in [4.69, 9.17) is 0 Å². The first kappa shape index (κ1) is 14.0. The Kier molecular flexibility index (Phi) is 3.53. The number of para-hydroxylation sites is 1. The topological polar surface area (TPSA) is 36.1 Å². The fourth-order valence-corrected chi connectivity index (χ4v) is 4.36. The van der Waals surface area contributed by atoms with Crippen molar-refractivity contribution < 1.29 is 4.79 Å². The number of carbonyl (C=O) groups excluding carboxylic acids is 1. The smallest absolute Gasteiger partial charge is 0.131 e. The van der Waals surface area contributed by atoms with Gasteiger partial charge in [0.15, 0.2) is 0 Å². The molecule has 1 aliphatic heterocycles. The first-order chi connectivity index (χ1) is 10.7. The zero-order chi connectivity index (χ0) is 15.1. The number of nitrogens with one attached hydrogen (secondary N) is 1. The van der Waals surface area contributed by atoms with Gasteiger partial charge in [0.2, 0.25) is 0 Å². The second-order valence-electron chi connectivity index (χ2n) is 7.10. The lowest BCUT2D eigenvalue weighted by Crippen LogP contribution is -2.44. The average molecular weight is 296 g/mol. The number of Topliss-reactive ketones (excluding diaryl/α,β-unsaturated/α-hetero) is 1. The minimum Gasteiger partial charge on any atom is -0.358 e. The Morgan fingerprint density at radius 1 is 1.27 bits per heavy atom. The molecule has 2 aliphatic rings. The molecule has 3 heteroatoms. The van der Waals surface area contributed by atoms with Crippen LogP contribution in [0.4, 0.5) is 0 Å². The van der Waals surface area contributed by atoms with Crippen LogP contribution in [0.3, 0.4) is 0 Å². The summed E-state index contributed by atoms with van der Waals surface area (Å²) in [6.45, 7) is 4.96. The summed E-state index contributed by atoms with van der Waals surface area (Å²) < 4.78 is 0. The Balaban J connectivity index is 1.54. The Bertz CT molecular complexity index is 703. The van der Waals surface area contributed by atoms with Crippen molar-refractivity contribution in [3.8, 4) is 0 Å². The summed E-state index contributed by atoms with van der Waals surface area (Å²) in [5.74, 6) is 1.88. The van der Waals surface area contributed by atoms with Crippen molar-refractivity contribution in [2.75, 3.05) is 19.6 Å². The minimum atomic E-state index is 0.310. The summed E-state index contributed by atoms with van der Waals surface area (Å²) in [7, 11) is 0. The maximum atomic E-state index is 11.2. The van der Waals surface area contributed by atoms with Crippen LogP contribution in [0, 0.1) is 11.8 Å². The van der Waals surface area contributed by atoms with Gasteiger partial charge in [-0.1, -0.05) is 18.2 Å². The van der Waals surface area contributed by atoms with Gasteiger partial charge in [-0.25, -0.2) is 0 Å². The van der Waals surface area contributed by atoms with Crippen LogP contribution in [-0.2, 0) is 17.6 Å². The molecule has 0 amide bonds. The molecular formula is C19H24N2O. The van der Waals surface area contributed by atoms with E-state index in [1.54, 1.807) is 12.5 Å². The first-order valence-corrected chi connectivity index (χ1v) is 8.51. The highest BCUT2D eigenvalue weighted by Gasteiger charge is 2.34. The van der Waals surface area contributed by atoms with Crippen LogP contribution in [0.5, 0.6) is 0 Å². The van der Waals surface area contributed by atoms with Gasteiger partial charge in [-0.3, -0.25) is 4.79 Å². The number of hydrogen-bond donors (Lipinski definition) is 1. The molecule has 1 N–H and O–H groups in total. The zero-order valence-corrected chi connectivity index (χ0v) is 13.3. The largest absolute Gasteiger partial charge is 0.358 e. The fourth-order valence-electron chi connectivity index (χ4n) is 4.36. The second kappa shape index (κ2) is 5.54. The van der Waals surface area contributed by atoms with E-state index in [1.807, 2.05) is 0 Å². The number of ketones is 1. The third kappa shape index (κ3) is 2.48. The van der Waals surface area contributed by atoms with E-state index in [1.165, 1.54) is 35.9 Å². The molecule has 0 radical (unpaired) electrons. The number of likely N-dealkylation sites (tertiary alicyclic amines) is 1. The van der Waals surface area contributed by atoms with Gasteiger partial charge in [-0.05, 0) is 56.2 Å². The number of nitrogens with zero attached hydrogens (tertiary/aromatic N) is 1. The highest BCUT2D eigenvalue weighted by Crippen LogP contribution is 2.38. The molecule has 1 saturated heterocycles. The van der Waals surface area contributed by atoms with E-state index in [9.17, 15) is 4.79 Å². The summed E-state index contributed by atoms with van der Waals surface area (Å²) in [5.41, 5.74) is 4.31.